The zero-order valence-corrected chi connectivity index (χ0v) is 10.5. The molecular formula is C13H21NS. The van der Waals surface area contributed by atoms with Crippen LogP contribution in [0.15, 0.2) is 30.3 Å². The Morgan fingerprint density at radius 3 is 2.67 bits per heavy atom. The lowest BCUT2D eigenvalue weighted by atomic mass is 10.2. The van der Waals surface area contributed by atoms with Gasteiger partial charge in [-0.15, -0.1) is 0 Å². The number of benzene rings is 1. The van der Waals surface area contributed by atoms with Gasteiger partial charge < -0.3 is 5.32 Å². The molecule has 0 radical (unpaired) electrons. The van der Waals surface area contributed by atoms with E-state index in [0.717, 1.165) is 18.3 Å². The van der Waals surface area contributed by atoms with Gasteiger partial charge in [-0.05, 0) is 12.0 Å². The minimum absolute atomic E-state index is 0.795. The van der Waals surface area contributed by atoms with Gasteiger partial charge in [0.2, 0.25) is 0 Å². The quantitative estimate of drug-likeness (QED) is 0.712. The van der Waals surface area contributed by atoms with E-state index >= 15 is 0 Å². The third-order valence-corrected chi connectivity index (χ3v) is 3.77. The largest absolute Gasteiger partial charge is 0.312 e. The number of nitrogens with one attached hydrogen (secondary N) is 1. The van der Waals surface area contributed by atoms with Gasteiger partial charge in [0.25, 0.3) is 0 Å². The molecule has 1 aromatic rings. The second kappa shape index (κ2) is 7.77. The van der Waals surface area contributed by atoms with Gasteiger partial charge in [0.15, 0.2) is 0 Å². The summed E-state index contributed by atoms with van der Waals surface area (Å²) in [7, 11) is 0. The minimum atomic E-state index is 0.795. The van der Waals surface area contributed by atoms with E-state index in [9.17, 15) is 0 Å². The first-order chi connectivity index (χ1) is 7.33. The fourth-order valence-corrected chi connectivity index (χ4v) is 2.18. The Bertz CT molecular complexity index is 248. The van der Waals surface area contributed by atoms with E-state index in [0.29, 0.717) is 0 Å². The highest BCUT2D eigenvalue weighted by Gasteiger charge is 1.97. The Kier molecular flexibility index (Phi) is 6.53. The summed E-state index contributed by atoms with van der Waals surface area (Å²) in [5, 5.41) is 4.26. The first-order valence-corrected chi connectivity index (χ1v) is 6.74. The normalized spacial score (nSPS) is 12.7. The number of hydrogen-bond donors (Lipinski definition) is 1. The van der Waals surface area contributed by atoms with Gasteiger partial charge in [0, 0.05) is 24.1 Å². The molecule has 1 nitrogen and oxygen atoms in total. The fraction of sp³-hybridized carbons (Fsp3) is 0.538. The van der Waals surface area contributed by atoms with Crippen LogP contribution >= 0.6 is 11.8 Å². The van der Waals surface area contributed by atoms with Crippen LogP contribution in [0.1, 0.15) is 25.8 Å². The standard InChI is InChI=1S/C13H21NS/c1-3-12(2)15-10-9-14-11-13-7-5-4-6-8-13/h4-8,12,14H,3,9-11H2,1-2H3. The van der Waals surface area contributed by atoms with Gasteiger partial charge in [-0.1, -0.05) is 44.2 Å². The van der Waals surface area contributed by atoms with Crippen molar-refractivity contribution in [1.29, 1.82) is 0 Å². The van der Waals surface area contributed by atoms with Crippen LogP contribution in [-0.2, 0) is 6.54 Å². The molecule has 0 saturated heterocycles. The molecular weight excluding hydrogens is 202 g/mol. The lowest BCUT2D eigenvalue weighted by molar-refractivity contribution is 0.730. The van der Waals surface area contributed by atoms with Crippen molar-refractivity contribution < 1.29 is 0 Å². The summed E-state index contributed by atoms with van der Waals surface area (Å²) >= 11 is 2.05. The molecule has 0 aliphatic carbocycles. The third kappa shape index (κ3) is 5.85. The van der Waals surface area contributed by atoms with Crippen molar-refractivity contribution in [3.63, 3.8) is 0 Å². The molecule has 2 heteroatoms. The Labute approximate surface area is 97.7 Å². The van der Waals surface area contributed by atoms with Crippen molar-refractivity contribution in [3.8, 4) is 0 Å². The third-order valence-electron chi connectivity index (χ3n) is 2.43. The van der Waals surface area contributed by atoms with Crippen molar-refractivity contribution in [1.82, 2.24) is 5.32 Å². The minimum Gasteiger partial charge on any atom is -0.312 e. The number of rotatable bonds is 7. The van der Waals surface area contributed by atoms with E-state index in [1.54, 1.807) is 0 Å². The van der Waals surface area contributed by atoms with Crippen LogP contribution in [-0.4, -0.2) is 17.5 Å². The molecule has 0 aliphatic heterocycles. The molecule has 0 aliphatic rings. The molecule has 1 atom stereocenters. The lowest BCUT2D eigenvalue weighted by Crippen LogP contribution is -2.17. The molecule has 0 fully saturated rings. The Morgan fingerprint density at radius 1 is 1.27 bits per heavy atom. The lowest BCUT2D eigenvalue weighted by Gasteiger charge is -2.08. The van der Waals surface area contributed by atoms with Crippen LogP contribution in [0.3, 0.4) is 0 Å². The average molecular weight is 223 g/mol. The van der Waals surface area contributed by atoms with E-state index in [1.807, 2.05) is 11.8 Å². The Hall–Kier alpha value is -0.470. The molecule has 1 unspecified atom stereocenters. The molecule has 0 aromatic heterocycles. The van der Waals surface area contributed by atoms with Crippen molar-refractivity contribution in [3.05, 3.63) is 35.9 Å². The maximum atomic E-state index is 3.46. The highest BCUT2D eigenvalue weighted by atomic mass is 32.2. The molecule has 84 valence electrons. The molecule has 0 bridgehead atoms. The number of hydrogen-bond acceptors (Lipinski definition) is 2. The summed E-state index contributed by atoms with van der Waals surface area (Å²) in [6.45, 7) is 6.63. The van der Waals surface area contributed by atoms with E-state index in [-0.39, 0.29) is 0 Å². The van der Waals surface area contributed by atoms with Gasteiger partial charge in [0.05, 0.1) is 0 Å². The first kappa shape index (κ1) is 12.6. The highest BCUT2D eigenvalue weighted by molar-refractivity contribution is 7.99. The molecule has 15 heavy (non-hydrogen) atoms. The molecule has 0 spiro atoms. The topological polar surface area (TPSA) is 12.0 Å². The van der Waals surface area contributed by atoms with Gasteiger partial charge >= 0.3 is 0 Å². The van der Waals surface area contributed by atoms with E-state index in [1.165, 1.54) is 17.7 Å². The summed E-state index contributed by atoms with van der Waals surface area (Å²) < 4.78 is 0. The van der Waals surface area contributed by atoms with Crippen LogP contribution < -0.4 is 5.32 Å². The summed E-state index contributed by atoms with van der Waals surface area (Å²) in [6, 6.07) is 10.6. The van der Waals surface area contributed by atoms with E-state index in [2.05, 4.69) is 49.5 Å². The van der Waals surface area contributed by atoms with Crippen molar-refractivity contribution >= 4 is 11.8 Å². The van der Waals surface area contributed by atoms with Crippen LogP contribution in [0.4, 0.5) is 0 Å². The summed E-state index contributed by atoms with van der Waals surface area (Å²) in [6.07, 6.45) is 1.27. The second-order valence-corrected chi connectivity index (χ2v) is 5.30. The monoisotopic (exact) mass is 223 g/mol. The maximum absolute atomic E-state index is 3.46. The molecule has 1 rings (SSSR count). The molecule has 0 saturated carbocycles. The predicted molar refractivity (Wildman–Crippen MR) is 70.4 cm³/mol. The SMILES string of the molecule is CCC(C)SCCNCc1ccccc1. The van der Waals surface area contributed by atoms with Crippen LogP contribution in [0.25, 0.3) is 0 Å². The van der Waals surface area contributed by atoms with Crippen LogP contribution in [0.5, 0.6) is 0 Å². The zero-order valence-electron chi connectivity index (χ0n) is 9.70. The van der Waals surface area contributed by atoms with Crippen molar-refractivity contribution in [2.75, 3.05) is 12.3 Å². The fourth-order valence-electron chi connectivity index (χ4n) is 1.28. The maximum Gasteiger partial charge on any atom is 0.0205 e. The highest BCUT2D eigenvalue weighted by Crippen LogP contribution is 2.11. The summed E-state index contributed by atoms with van der Waals surface area (Å²) in [5.74, 6) is 1.21. The van der Waals surface area contributed by atoms with Crippen LogP contribution in [0, 0.1) is 0 Å². The van der Waals surface area contributed by atoms with Gasteiger partial charge in [-0.2, -0.15) is 11.8 Å². The molecule has 0 amide bonds. The predicted octanol–water partition coefficient (Wildman–Crippen LogP) is 3.31. The van der Waals surface area contributed by atoms with Crippen molar-refractivity contribution in [2.45, 2.75) is 32.1 Å². The second-order valence-electron chi connectivity index (χ2n) is 3.75. The molecule has 1 N–H and O–H groups in total. The number of thioether (sulfide) groups is 1. The van der Waals surface area contributed by atoms with Gasteiger partial charge in [0.1, 0.15) is 0 Å². The van der Waals surface area contributed by atoms with Gasteiger partial charge in [-0.25, -0.2) is 0 Å². The van der Waals surface area contributed by atoms with Gasteiger partial charge in [-0.3, -0.25) is 0 Å². The molecule has 0 heterocycles. The van der Waals surface area contributed by atoms with E-state index in [4.69, 9.17) is 0 Å². The summed E-state index contributed by atoms with van der Waals surface area (Å²) in [4.78, 5) is 0. The Morgan fingerprint density at radius 2 is 2.00 bits per heavy atom. The van der Waals surface area contributed by atoms with E-state index < -0.39 is 0 Å². The Balaban J connectivity index is 2.03. The molecule has 1 aromatic carbocycles. The van der Waals surface area contributed by atoms with Crippen LogP contribution in [0.2, 0.25) is 0 Å². The summed E-state index contributed by atoms with van der Waals surface area (Å²) in [5.41, 5.74) is 1.37. The first-order valence-electron chi connectivity index (χ1n) is 5.69. The van der Waals surface area contributed by atoms with Crippen molar-refractivity contribution in [2.24, 2.45) is 0 Å². The average Bonchev–Trinajstić information content (AvgIpc) is 2.29. The zero-order chi connectivity index (χ0) is 10.9. The smallest absolute Gasteiger partial charge is 0.0205 e.